The Kier molecular flexibility index (Phi) is 3.67. The molecule has 0 aromatic carbocycles. The maximum atomic E-state index is 4.48. The topological polar surface area (TPSA) is 96.3 Å². The van der Waals surface area contributed by atoms with E-state index in [4.69, 9.17) is 0 Å². The first-order valence-corrected chi connectivity index (χ1v) is 6.93. The fourth-order valence-electron chi connectivity index (χ4n) is 2.11. The Hall–Kier alpha value is -2.64. The maximum Gasteiger partial charge on any atom is 0.226 e. The molecule has 0 saturated heterocycles. The Morgan fingerprint density at radius 2 is 2.19 bits per heavy atom. The monoisotopic (exact) mass is 286 g/mol. The van der Waals surface area contributed by atoms with Crippen LogP contribution < -0.4 is 10.6 Å². The maximum absolute atomic E-state index is 4.48. The molecule has 0 bridgehead atoms. The van der Waals surface area contributed by atoms with Gasteiger partial charge in [0.2, 0.25) is 5.95 Å². The number of hydrogen-bond donors (Lipinski definition) is 3. The van der Waals surface area contributed by atoms with Crippen LogP contribution in [-0.2, 0) is 13.5 Å². The minimum atomic E-state index is 0.592. The van der Waals surface area contributed by atoms with Gasteiger partial charge in [0, 0.05) is 32.8 Å². The van der Waals surface area contributed by atoms with Crippen LogP contribution in [0.3, 0.4) is 0 Å². The summed E-state index contributed by atoms with van der Waals surface area (Å²) in [6.45, 7) is 3.53. The zero-order valence-corrected chi connectivity index (χ0v) is 12.1. The summed E-state index contributed by atoms with van der Waals surface area (Å²) in [5.74, 6) is 1.37. The highest BCUT2D eigenvalue weighted by atomic mass is 15.2. The van der Waals surface area contributed by atoms with E-state index in [-0.39, 0.29) is 0 Å². The van der Waals surface area contributed by atoms with Crippen LogP contribution in [0.5, 0.6) is 0 Å². The lowest BCUT2D eigenvalue weighted by Gasteiger charge is -2.08. The van der Waals surface area contributed by atoms with Gasteiger partial charge in [-0.15, -0.1) is 0 Å². The summed E-state index contributed by atoms with van der Waals surface area (Å²) in [5.41, 5.74) is 1.77. The summed E-state index contributed by atoms with van der Waals surface area (Å²) in [4.78, 5) is 8.84. The number of anilines is 2. The van der Waals surface area contributed by atoms with Crippen LogP contribution in [0.25, 0.3) is 11.0 Å². The van der Waals surface area contributed by atoms with E-state index in [0.717, 1.165) is 42.1 Å². The molecule has 0 spiro atoms. The Bertz CT molecular complexity index is 729. The van der Waals surface area contributed by atoms with Crippen LogP contribution in [0, 0.1) is 0 Å². The number of nitrogens with zero attached hydrogens (tertiary/aromatic N) is 5. The van der Waals surface area contributed by atoms with Crippen molar-refractivity contribution in [3.8, 4) is 0 Å². The molecule has 0 aliphatic heterocycles. The Morgan fingerprint density at radius 3 is 2.95 bits per heavy atom. The molecule has 8 nitrogen and oxygen atoms in total. The predicted octanol–water partition coefficient (Wildman–Crippen LogP) is 1.17. The van der Waals surface area contributed by atoms with Crippen LogP contribution in [0.2, 0.25) is 0 Å². The fourth-order valence-corrected chi connectivity index (χ4v) is 2.11. The molecule has 0 fully saturated rings. The second-order valence-corrected chi connectivity index (χ2v) is 4.72. The minimum Gasteiger partial charge on any atom is -0.369 e. The van der Waals surface area contributed by atoms with E-state index in [0.29, 0.717) is 5.95 Å². The van der Waals surface area contributed by atoms with Crippen LogP contribution in [0.15, 0.2) is 18.5 Å². The molecule has 3 aromatic heterocycles. The average molecular weight is 286 g/mol. The lowest BCUT2D eigenvalue weighted by Crippen LogP contribution is -2.10. The number of rotatable bonds is 6. The highest BCUT2D eigenvalue weighted by molar-refractivity contribution is 5.86. The van der Waals surface area contributed by atoms with E-state index in [1.54, 1.807) is 10.9 Å². The van der Waals surface area contributed by atoms with Crippen molar-refractivity contribution in [1.29, 1.82) is 0 Å². The third kappa shape index (κ3) is 2.93. The normalized spacial score (nSPS) is 11.0. The summed E-state index contributed by atoms with van der Waals surface area (Å²) < 4.78 is 1.80. The summed E-state index contributed by atoms with van der Waals surface area (Å²) in [6, 6.07) is 2.01. The number of fused-ring (bicyclic) bond motifs is 1. The van der Waals surface area contributed by atoms with Crippen molar-refractivity contribution >= 4 is 22.8 Å². The largest absolute Gasteiger partial charge is 0.369 e. The standard InChI is InChI=1S/C13H18N8/c1-3-14-13-17-11(10-8-16-19-12(10)18-13)15-6-4-9-5-7-21(2)20-9/h5,7-8H,3-4,6H2,1-2H3,(H3,14,15,16,17,18,19). The molecule has 0 aliphatic carbocycles. The molecule has 0 unspecified atom stereocenters. The van der Waals surface area contributed by atoms with Gasteiger partial charge in [0.15, 0.2) is 5.65 Å². The van der Waals surface area contributed by atoms with Crippen molar-refractivity contribution < 1.29 is 0 Å². The number of aromatic nitrogens is 6. The van der Waals surface area contributed by atoms with Gasteiger partial charge in [-0.05, 0) is 13.0 Å². The molecule has 21 heavy (non-hydrogen) atoms. The quantitative estimate of drug-likeness (QED) is 0.629. The fraction of sp³-hybridized carbons (Fsp3) is 0.385. The second-order valence-electron chi connectivity index (χ2n) is 4.72. The molecule has 110 valence electrons. The number of H-pyrrole nitrogens is 1. The Morgan fingerprint density at radius 1 is 1.29 bits per heavy atom. The first-order valence-electron chi connectivity index (χ1n) is 6.93. The number of nitrogens with one attached hydrogen (secondary N) is 3. The predicted molar refractivity (Wildman–Crippen MR) is 81.2 cm³/mol. The second kappa shape index (κ2) is 5.78. The zero-order valence-electron chi connectivity index (χ0n) is 12.1. The molecule has 0 saturated carbocycles. The van der Waals surface area contributed by atoms with Crippen LogP contribution >= 0.6 is 0 Å². The van der Waals surface area contributed by atoms with Gasteiger partial charge in [0.1, 0.15) is 5.82 Å². The van der Waals surface area contributed by atoms with Gasteiger partial charge < -0.3 is 10.6 Å². The van der Waals surface area contributed by atoms with Crippen LogP contribution in [0.1, 0.15) is 12.6 Å². The molecule has 0 radical (unpaired) electrons. The first kappa shape index (κ1) is 13.3. The van der Waals surface area contributed by atoms with Gasteiger partial charge in [0.05, 0.1) is 17.3 Å². The number of aryl methyl sites for hydroxylation is 1. The van der Waals surface area contributed by atoms with Gasteiger partial charge in [-0.1, -0.05) is 0 Å². The SMILES string of the molecule is CCNc1nc(NCCc2ccn(C)n2)c2cn[nH]c2n1. The van der Waals surface area contributed by atoms with Gasteiger partial charge >= 0.3 is 0 Å². The number of aromatic amines is 1. The summed E-state index contributed by atoms with van der Waals surface area (Å²) in [5, 5.41) is 18.6. The minimum absolute atomic E-state index is 0.592. The molecule has 0 atom stereocenters. The van der Waals surface area contributed by atoms with Gasteiger partial charge in [-0.3, -0.25) is 9.78 Å². The smallest absolute Gasteiger partial charge is 0.226 e. The van der Waals surface area contributed by atoms with Crippen LogP contribution in [-0.4, -0.2) is 43.0 Å². The number of hydrogen-bond acceptors (Lipinski definition) is 6. The Labute approximate surface area is 122 Å². The average Bonchev–Trinajstić information content (AvgIpc) is 3.08. The van der Waals surface area contributed by atoms with Gasteiger partial charge in [-0.25, -0.2) is 0 Å². The summed E-state index contributed by atoms with van der Waals surface area (Å²) in [6.07, 6.45) is 4.51. The summed E-state index contributed by atoms with van der Waals surface area (Å²) in [7, 11) is 1.92. The molecule has 3 N–H and O–H groups in total. The lowest BCUT2D eigenvalue weighted by atomic mass is 10.3. The van der Waals surface area contributed by atoms with Crippen molar-refractivity contribution in [2.45, 2.75) is 13.3 Å². The van der Waals surface area contributed by atoms with E-state index in [1.165, 1.54) is 0 Å². The van der Waals surface area contributed by atoms with Crippen molar-refractivity contribution in [2.75, 3.05) is 23.7 Å². The van der Waals surface area contributed by atoms with Crippen molar-refractivity contribution in [3.05, 3.63) is 24.2 Å². The van der Waals surface area contributed by atoms with Crippen molar-refractivity contribution in [1.82, 2.24) is 29.9 Å². The van der Waals surface area contributed by atoms with Gasteiger partial charge in [-0.2, -0.15) is 20.2 Å². The zero-order chi connectivity index (χ0) is 14.7. The van der Waals surface area contributed by atoms with E-state index < -0.39 is 0 Å². The van der Waals surface area contributed by atoms with E-state index >= 15 is 0 Å². The van der Waals surface area contributed by atoms with E-state index in [9.17, 15) is 0 Å². The molecular weight excluding hydrogens is 268 g/mol. The molecule has 3 heterocycles. The van der Waals surface area contributed by atoms with Crippen molar-refractivity contribution in [2.24, 2.45) is 7.05 Å². The molecule has 8 heteroatoms. The van der Waals surface area contributed by atoms with Crippen LogP contribution in [0.4, 0.5) is 11.8 Å². The third-order valence-corrected chi connectivity index (χ3v) is 3.09. The lowest BCUT2D eigenvalue weighted by molar-refractivity contribution is 0.742. The molecule has 3 rings (SSSR count). The summed E-state index contributed by atoms with van der Waals surface area (Å²) >= 11 is 0. The first-order chi connectivity index (χ1) is 10.3. The van der Waals surface area contributed by atoms with E-state index in [2.05, 4.69) is 35.9 Å². The van der Waals surface area contributed by atoms with Crippen molar-refractivity contribution in [3.63, 3.8) is 0 Å². The third-order valence-electron chi connectivity index (χ3n) is 3.09. The Balaban J connectivity index is 1.74. The highest BCUT2D eigenvalue weighted by Crippen LogP contribution is 2.19. The molecular formula is C13H18N8. The molecule has 0 amide bonds. The van der Waals surface area contributed by atoms with E-state index in [1.807, 2.05) is 26.2 Å². The highest BCUT2D eigenvalue weighted by Gasteiger charge is 2.09. The molecule has 0 aliphatic rings. The molecule has 3 aromatic rings. The van der Waals surface area contributed by atoms with Gasteiger partial charge in [0.25, 0.3) is 0 Å².